The maximum Gasteiger partial charge on any atom is 0.257 e. The van der Waals surface area contributed by atoms with Gasteiger partial charge in [0, 0.05) is 12.0 Å². The van der Waals surface area contributed by atoms with Crippen molar-refractivity contribution in [2.75, 3.05) is 6.61 Å². The molecule has 0 fully saturated rings. The fraction of sp³-hybridized carbons (Fsp3) is 0.286. The van der Waals surface area contributed by atoms with Crippen molar-refractivity contribution in [3.8, 4) is 6.07 Å². The molecule has 4 heteroatoms. The molecule has 0 atom stereocenters. The zero-order valence-electron chi connectivity index (χ0n) is 10.4. The molecule has 1 aromatic carbocycles. The third-order valence-electron chi connectivity index (χ3n) is 3.00. The minimum atomic E-state index is -0.247. The second-order valence-corrected chi connectivity index (χ2v) is 4.27. The second-order valence-electron chi connectivity index (χ2n) is 4.27. The van der Waals surface area contributed by atoms with Crippen LogP contribution in [0.3, 0.4) is 0 Å². The van der Waals surface area contributed by atoms with Crippen molar-refractivity contribution < 1.29 is 9.53 Å². The molecule has 0 aliphatic carbocycles. The summed E-state index contributed by atoms with van der Waals surface area (Å²) in [5.41, 5.74) is 3.26. The number of nitrogens with one attached hydrogen (secondary N) is 1. The zero-order valence-corrected chi connectivity index (χ0v) is 10.4. The Morgan fingerprint density at radius 3 is 2.83 bits per heavy atom. The largest absolute Gasteiger partial charge is 0.478 e. The van der Waals surface area contributed by atoms with Crippen LogP contribution in [0.1, 0.15) is 27.9 Å². The van der Waals surface area contributed by atoms with Gasteiger partial charge >= 0.3 is 0 Å². The van der Waals surface area contributed by atoms with Crippen LogP contribution in [-0.4, -0.2) is 12.5 Å². The molecular formula is C14H14N2O2. The van der Waals surface area contributed by atoms with E-state index in [-0.39, 0.29) is 5.91 Å². The Labute approximate surface area is 106 Å². The van der Waals surface area contributed by atoms with Crippen LogP contribution >= 0.6 is 0 Å². The van der Waals surface area contributed by atoms with Gasteiger partial charge in [-0.1, -0.05) is 6.07 Å². The van der Waals surface area contributed by atoms with E-state index in [0.717, 1.165) is 11.1 Å². The summed E-state index contributed by atoms with van der Waals surface area (Å²) in [5, 5.41) is 11.5. The van der Waals surface area contributed by atoms with E-state index in [1.165, 1.54) is 0 Å². The second kappa shape index (κ2) is 4.92. The molecule has 1 N–H and O–H groups in total. The van der Waals surface area contributed by atoms with E-state index >= 15 is 0 Å². The first-order valence-corrected chi connectivity index (χ1v) is 5.76. The smallest absolute Gasteiger partial charge is 0.257 e. The number of hydrogen-bond acceptors (Lipinski definition) is 3. The van der Waals surface area contributed by atoms with Crippen molar-refractivity contribution in [1.29, 1.82) is 5.26 Å². The quantitative estimate of drug-likeness (QED) is 0.864. The Kier molecular flexibility index (Phi) is 3.33. The molecular weight excluding hydrogens is 228 g/mol. The summed E-state index contributed by atoms with van der Waals surface area (Å²) in [7, 11) is 0. The number of carbonyl (C=O) groups excluding carboxylic acids is 1. The van der Waals surface area contributed by atoms with Crippen molar-refractivity contribution >= 4 is 5.91 Å². The van der Waals surface area contributed by atoms with E-state index in [1.54, 1.807) is 6.07 Å². The lowest BCUT2D eigenvalue weighted by Gasteiger charge is -2.08. The molecule has 0 aromatic heterocycles. The first-order chi connectivity index (χ1) is 8.61. The van der Waals surface area contributed by atoms with Gasteiger partial charge in [-0.3, -0.25) is 10.1 Å². The molecule has 1 aliphatic heterocycles. The Morgan fingerprint density at radius 2 is 2.17 bits per heavy atom. The van der Waals surface area contributed by atoms with Gasteiger partial charge in [0.15, 0.2) is 0 Å². The lowest BCUT2D eigenvalue weighted by atomic mass is 10.1. The molecule has 0 spiro atoms. The lowest BCUT2D eigenvalue weighted by Crippen LogP contribution is -2.23. The fourth-order valence-corrected chi connectivity index (χ4v) is 1.73. The summed E-state index contributed by atoms with van der Waals surface area (Å²) in [4.78, 5) is 12.0. The molecule has 1 amide bonds. The van der Waals surface area contributed by atoms with E-state index in [9.17, 15) is 4.79 Å². The molecule has 0 saturated carbocycles. The van der Waals surface area contributed by atoms with Gasteiger partial charge in [-0.25, -0.2) is 0 Å². The third kappa shape index (κ3) is 2.35. The Balaban J connectivity index is 2.18. The van der Waals surface area contributed by atoms with Crippen LogP contribution < -0.4 is 5.32 Å². The highest BCUT2D eigenvalue weighted by Gasteiger charge is 2.18. The molecule has 0 unspecified atom stereocenters. The lowest BCUT2D eigenvalue weighted by molar-refractivity contribution is 0.0930. The van der Waals surface area contributed by atoms with Crippen LogP contribution in [0.25, 0.3) is 0 Å². The SMILES string of the molecule is Cc1ccc(C(=O)NC2=C(C#N)CCO2)cc1C. The highest BCUT2D eigenvalue weighted by atomic mass is 16.5. The summed E-state index contributed by atoms with van der Waals surface area (Å²) in [6.45, 7) is 4.40. The maximum absolute atomic E-state index is 12.0. The van der Waals surface area contributed by atoms with Crippen LogP contribution in [0.4, 0.5) is 0 Å². The summed E-state index contributed by atoms with van der Waals surface area (Å²) in [6, 6.07) is 7.52. The summed E-state index contributed by atoms with van der Waals surface area (Å²) in [5.74, 6) is 0.0449. The maximum atomic E-state index is 12.0. The number of aryl methyl sites for hydroxylation is 2. The third-order valence-corrected chi connectivity index (χ3v) is 3.00. The van der Waals surface area contributed by atoms with E-state index in [0.29, 0.717) is 30.0 Å². The minimum Gasteiger partial charge on any atom is -0.478 e. The molecule has 1 heterocycles. The Hall–Kier alpha value is -2.28. The standard InChI is InChI=1S/C14H14N2O2/c1-9-3-4-11(7-10(9)2)13(17)16-14-12(8-15)5-6-18-14/h3-4,7H,5-6H2,1-2H3,(H,16,17). The number of hydrogen-bond donors (Lipinski definition) is 1. The van der Waals surface area contributed by atoms with Crippen LogP contribution in [-0.2, 0) is 4.74 Å². The predicted molar refractivity (Wildman–Crippen MR) is 66.6 cm³/mol. The molecule has 1 aromatic rings. The van der Waals surface area contributed by atoms with Crippen LogP contribution in [0.15, 0.2) is 29.7 Å². The molecule has 92 valence electrons. The van der Waals surface area contributed by atoms with Gasteiger partial charge in [0.05, 0.1) is 12.2 Å². The van der Waals surface area contributed by atoms with E-state index in [2.05, 4.69) is 5.32 Å². The summed E-state index contributed by atoms with van der Waals surface area (Å²) in [6.07, 6.45) is 0.555. The van der Waals surface area contributed by atoms with Gasteiger partial charge in [-0.05, 0) is 37.1 Å². The first-order valence-electron chi connectivity index (χ1n) is 5.76. The molecule has 0 radical (unpaired) electrons. The van der Waals surface area contributed by atoms with Crippen LogP contribution in [0, 0.1) is 25.2 Å². The number of ether oxygens (including phenoxy) is 1. The van der Waals surface area contributed by atoms with E-state index < -0.39 is 0 Å². The van der Waals surface area contributed by atoms with Crippen LogP contribution in [0.5, 0.6) is 0 Å². The van der Waals surface area contributed by atoms with Gasteiger partial charge in [-0.2, -0.15) is 5.26 Å². The number of carbonyl (C=O) groups is 1. The van der Waals surface area contributed by atoms with Crippen molar-refractivity contribution in [1.82, 2.24) is 5.32 Å². The number of amides is 1. The number of nitriles is 1. The topological polar surface area (TPSA) is 62.1 Å². The van der Waals surface area contributed by atoms with Gasteiger partial charge in [0.1, 0.15) is 6.07 Å². The molecule has 0 bridgehead atoms. The van der Waals surface area contributed by atoms with Crippen molar-refractivity contribution in [3.63, 3.8) is 0 Å². The van der Waals surface area contributed by atoms with Gasteiger partial charge in [0.2, 0.25) is 5.88 Å². The van der Waals surface area contributed by atoms with E-state index in [1.807, 2.05) is 32.0 Å². The normalized spacial score (nSPS) is 14.1. The van der Waals surface area contributed by atoms with Crippen LogP contribution in [0.2, 0.25) is 0 Å². The summed E-state index contributed by atoms with van der Waals surface area (Å²) >= 11 is 0. The average molecular weight is 242 g/mol. The molecule has 4 nitrogen and oxygen atoms in total. The van der Waals surface area contributed by atoms with Gasteiger partial charge in [0.25, 0.3) is 5.91 Å². The summed E-state index contributed by atoms with van der Waals surface area (Å²) < 4.78 is 5.23. The fourth-order valence-electron chi connectivity index (χ4n) is 1.73. The Morgan fingerprint density at radius 1 is 1.39 bits per heavy atom. The predicted octanol–water partition coefficient (Wildman–Crippen LogP) is 2.19. The molecule has 0 saturated heterocycles. The first kappa shape index (κ1) is 12.2. The molecule has 2 rings (SSSR count). The monoisotopic (exact) mass is 242 g/mol. The van der Waals surface area contributed by atoms with Crippen molar-refractivity contribution in [2.45, 2.75) is 20.3 Å². The van der Waals surface area contributed by atoms with Gasteiger partial charge in [-0.15, -0.1) is 0 Å². The zero-order chi connectivity index (χ0) is 13.1. The van der Waals surface area contributed by atoms with Gasteiger partial charge < -0.3 is 4.74 Å². The van der Waals surface area contributed by atoms with Crippen molar-refractivity contribution in [3.05, 3.63) is 46.3 Å². The van der Waals surface area contributed by atoms with E-state index in [4.69, 9.17) is 10.00 Å². The number of nitrogens with zero attached hydrogens (tertiary/aromatic N) is 1. The molecule has 18 heavy (non-hydrogen) atoms. The highest BCUT2D eigenvalue weighted by molar-refractivity contribution is 5.95. The number of benzene rings is 1. The van der Waals surface area contributed by atoms with Crippen molar-refractivity contribution in [2.24, 2.45) is 0 Å². The Bertz CT molecular complexity index is 568. The molecule has 1 aliphatic rings. The average Bonchev–Trinajstić information content (AvgIpc) is 2.79. The highest BCUT2D eigenvalue weighted by Crippen LogP contribution is 2.17. The number of rotatable bonds is 2. The minimum absolute atomic E-state index is 0.247.